The molecule has 30 heteroatoms. The first-order valence-corrected chi connectivity index (χ1v) is 38.7. The van der Waals surface area contributed by atoms with E-state index in [2.05, 4.69) is 43.3 Å². The molecule has 0 radical (unpaired) electrons. The van der Waals surface area contributed by atoms with Gasteiger partial charge in [0.15, 0.2) is 12.4 Å². The number of alkyl carbamates (subject to hydrolysis) is 1. The van der Waals surface area contributed by atoms with Crippen LogP contribution in [-0.4, -0.2) is 212 Å². The molecule has 612 valence electrons. The topological polar surface area (TPSA) is 360 Å². The highest BCUT2D eigenvalue weighted by molar-refractivity contribution is 7.89. The van der Waals surface area contributed by atoms with E-state index in [-0.39, 0.29) is 97.0 Å². The minimum atomic E-state index is -3.46. The lowest BCUT2D eigenvalue weighted by atomic mass is 10.1. The molecule has 28 nitrogen and oxygen atoms in total. The number of nitrogens with zero attached hydrogens (tertiary/aromatic N) is 8. The summed E-state index contributed by atoms with van der Waals surface area (Å²) < 4.78 is 51.6. The van der Waals surface area contributed by atoms with E-state index in [4.69, 9.17) is 39.7 Å². The predicted octanol–water partition coefficient (Wildman–Crippen LogP) is 10.2. The zero-order valence-electron chi connectivity index (χ0n) is 65.5. The second-order valence-corrected chi connectivity index (χ2v) is 31.0. The van der Waals surface area contributed by atoms with Crippen LogP contribution in [0.4, 0.5) is 19.1 Å². The quantitative estimate of drug-likeness (QED) is 0.0341. The number of carbonyl (C=O) groups excluding carboxylic acids is 7. The van der Waals surface area contributed by atoms with E-state index < -0.39 is 45.3 Å². The van der Waals surface area contributed by atoms with Gasteiger partial charge in [-0.2, -0.15) is 10.5 Å². The number of carbonyl (C=O) groups is 8. The second kappa shape index (κ2) is 47.2. The molecule has 6 heterocycles. The molecule has 113 heavy (non-hydrogen) atoms. The van der Waals surface area contributed by atoms with Crippen molar-refractivity contribution in [3.05, 3.63) is 210 Å². The Labute approximate surface area is 663 Å². The van der Waals surface area contributed by atoms with Gasteiger partial charge in [0, 0.05) is 104 Å². The number of carboxylic acid groups (broad SMARTS) is 1. The third kappa shape index (κ3) is 34.1. The van der Waals surface area contributed by atoms with E-state index in [1.165, 1.54) is 24.7 Å². The predicted molar refractivity (Wildman–Crippen MR) is 422 cm³/mol. The molecule has 6 saturated heterocycles. The first-order chi connectivity index (χ1) is 53.5. The van der Waals surface area contributed by atoms with Crippen LogP contribution in [0, 0.1) is 40.7 Å². The van der Waals surface area contributed by atoms with Crippen LogP contribution < -0.4 is 15.4 Å². The molecule has 6 aromatic carbocycles. The molecule has 0 saturated carbocycles. The molecule has 6 aliphatic rings. The Bertz CT molecular complexity index is 4130. The molecular weight excluding hydrogens is 1470 g/mol. The van der Waals surface area contributed by atoms with Crippen LogP contribution in [0.15, 0.2) is 187 Å². The number of carboxylic acids is 1. The van der Waals surface area contributed by atoms with E-state index in [0.717, 1.165) is 55.7 Å². The van der Waals surface area contributed by atoms with Gasteiger partial charge in [-0.05, 0) is 127 Å². The fourth-order valence-corrected chi connectivity index (χ4v) is 13.5. The van der Waals surface area contributed by atoms with Gasteiger partial charge in [0.1, 0.15) is 17.8 Å². The first-order valence-electron chi connectivity index (χ1n) is 37.2. The molecule has 0 bridgehead atoms. The fourth-order valence-electron chi connectivity index (χ4n) is 12.2. The van der Waals surface area contributed by atoms with E-state index in [0.29, 0.717) is 77.2 Å². The number of methoxy groups -OCH3 is 2. The fraction of sp³-hybridized carbons (Fsp3) is 0.446. The summed E-state index contributed by atoms with van der Waals surface area (Å²) in [5.74, 6) is -1.96. The number of aliphatic hydroxyl groups is 1. The maximum absolute atomic E-state index is 12.0. The van der Waals surface area contributed by atoms with Crippen molar-refractivity contribution < 1.29 is 86.8 Å². The number of aliphatic hydroxyl groups excluding tert-OH is 1. The molecule has 6 aromatic rings. The van der Waals surface area contributed by atoms with Crippen LogP contribution in [0.3, 0.4) is 0 Å². The maximum atomic E-state index is 12.0. The van der Waals surface area contributed by atoms with Crippen molar-refractivity contribution in [3.8, 4) is 12.4 Å². The molecule has 6 fully saturated rings. The highest BCUT2D eigenvalue weighted by Gasteiger charge is 2.37. The Morgan fingerprint density at radius 1 is 0.513 bits per heavy atom. The third-order valence-corrected chi connectivity index (χ3v) is 19.6. The highest BCUT2D eigenvalue weighted by Crippen LogP contribution is 2.24. The summed E-state index contributed by atoms with van der Waals surface area (Å²) in [5, 5.41) is 40.4. The summed E-state index contributed by atoms with van der Waals surface area (Å²) in [5.41, 5.74) is 3.89. The van der Waals surface area contributed by atoms with Gasteiger partial charge in [-0.3, -0.25) is 33.6 Å². The number of sulfonamides is 1. The lowest BCUT2D eigenvalue weighted by molar-refractivity contribution is -0.145. The molecule has 6 atom stereocenters. The third-order valence-electron chi connectivity index (χ3n) is 18.0. The molecule has 0 aromatic heterocycles. The van der Waals surface area contributed by atoms with E-state index >= 15 is 0 Å². The molecule has 6 unspecified atom stereocenters. The molecule has 5 N–H and O–H groups in total. The van der Waals surface area contributed by atoms with Crippen molar-refractivity contribution in [3.63, 3.8) is 0 Å². The second-order valence-electron chi connectivity index (χ2n) is 29.3. The molecule has 0 aliphatic carbocycles. The smallest absolute Gasteiger partial charge is 0.410 e. The SMILES string of the molecule is CC(C)(C)OC(=O)N1CCC(C(=O)O)C1.CC(C)(C)OC(=O)N1CCC(NC(=O)OCc2ccccc2)C1.COC(=O)C1CC(=O)N(Cc2ccccc2)C1.COC(=O)C1CCN(Cc2ccccc2)C1.F.N#CN1CCC(NC(=O)c2ccccc2)C1.N#CN1CCC(NS(=O)(=O)c2ccccc2)C1.OCc1ccccc1.[3HH]. The van der Waals surface area contributed by atoms with Crippen LogP contribution in [0.2, 0.25) is 0 Å². The number of nitriles is 2. The van der Waals surface area contributed by atoms with Crippen molar-refractivity contribution in [2.45, 2.75) is 141 Å². The van der Waals surface area contributed by atoms with E-state index in [1.54, 1.807) is 82.8 Å². The number of halogens is 1. The van der Waals surface area contributed by atoms with Gasteiger partial charge in [-0.25, -0.2) is 27.5 Å². The Morgan fingerprint density at radius 2 is 0.947 bits per heavy atom. The maximum Gasteiger partial charge on any atom is 0.410 e. The molecule has 6 aliphatic heterocycles. The summed E-state index contributed by atoms with van der Waals surface area (Å²) in [4.78, 5) is 103. The molecule has 5 amide bonds. The van der Waals surface area contributed by atoms with Crippen LogP contribution in [0.1, 0.15) is 114 Å². The minimum Gasteiger partial charge on any atom is -0.481 e. The largest absolute Gasteiger partial charge is 0.481 e. The summed E-state index contributed by atoms with van der Waals surface area (Å²) in [7, 11) is -0.647. The van der Waals surface area contributed by atoms with Gasteiger partial charge in [0.05, 0.1) is 49.5 Å². The summed E-state index contributed by atoms with van der Waals surface area (Å²) in [6.45, 7) is 19.1. The Balaban J connectivity index is 0.000000283. The number of esters is 2. The Morgan fingerprint density at radius 3 is 1.42 bits per heavy atom. The average Bonchev–Trinajstić information content (AvgIpc) is 1.72. The molecule has 12 rings (SSSR count). The van der Waals surface area contributed by atoms with Gasteiger partial charge in [0.2, 0.25) is 15.9 Å². The number of amides is 5. The summed E-state index contributed by atoms with van der Waals surface area (Å²) >= 11 is 0. The van der Waals surface area contributed by atoms with Crippen molar-refractivity contribution in [2.75, 3.05) is 86.2 Å². The van der Waals surface area contributed by atoms with Gasteiger partial charge in [0.25, 0.3) is 5.91 Å². The standard InChI is InChI=1S/C17H24N2O4.C13H15NO3.C13H17NO2.C12H13N3O.C11H13N3O2S.C10H17NO4.C7H8O.FH.H2/c1-17(2,3)23-16(21)19-10-9-14(11-19)18-15(20)22-12-13-7-5-4-6-8-13;1-17-13(16)11-7-12(15)14(9-11)8-10-5-3-2-4-6-10;1-16-13(15)12-7-8-14(10-12)9-11-5-3-2-4-6-11;13-9-15-7-6-11(8-15)14-12(16)10-4-2-1-3-5-10;12-9-14-7-6-10(8-14)13-17(15,16)11-4-2-1-3-5-11;1-10(2,3)15-9(14)11-5-4-7(6-11)8(12)13;8-6-7-4-2-1-3-5-7;;/h4-8,14H,9-12H2,1-3H3,(H,18,20);2-6,11H,7-9H2,1H3;2-6,12H,7-10H2,1H3;1-5,11H,6-8H2,(H,14,16);1-5,10,13H,6-8H2;7H,4-6H2,1-3H3,(H,12,13);1-5,8H,6H2;2*1H/i;;;;;;;;1+2. The zero-order valence-corrected chi connectivity index (χ0v) is 66.4. The minimum absolute atomic E-state index is 0. The monoisotopic (exact) mass is 1590 g/mol. The first kappa shape index (κ1) is 92.4. The number of rotatable bonds is 16. The highest BCUT2D eigenvalue weighted by atomic mass is 32.2. The van der Waals surface area contributed by atoms with Crippen LogP contribution in [0.5, 0.6) is 0 Å². The molecular formula is C83H110FN11O17S. The van der Waals surface area contributed by atoms with Gasteiger partial charge >= 0.3 is 36.2 Å². The summed E-state index contributed by atoms with van der Waals surface area (Å²) in [6.07, 6.45) is 6.75. The van der Waals surface area contributed by atoms with E-state index in [9.17, 15) is 46.8 Å². The number of hydrogen-bond acceptors (Lipinski definition) is 21. The Kier molecular flexibility index (Phi) is 38.6. The Hall–Kier alpha value is -11.2. The number of nitrogens with one attached hydrogen (secondary N) is 3. The van der Waals surface area contributed by atoms with Crippen molar-refractivity contribution in [2.24, 2.45) is 17.8 Å². The zero-order chi connectivity index (χ0) is 81.6. The number of aliphatic carboxylic acids is 1. The van der Waals surface area contributed by atoms with E-state index in [1.807, 2.05) is 154 Å². The van der Waals surface area contributed by atoms with Gasteiger partial charge < -0.3 is 69.0 Å². The van der Waals surface area contributed by atoms with Crippen molar-refractivity contribution in [1.82, 2.24) is 44.8 Å². The van der Waals surface area contributed by atoms with Crippen molar-refractivity contribution >= 4 is 58.0 Å². The molecule has 0 spiro atoms. The summed E-state index contributed by atoms with van der Waals surface area (Å²) in [6, 6.07) is 56.3. The van der Waals surface area contributed by atoms with Crippen molar-refractivity contribution in [1.29, 1.82) is 10.5 Å². The average molecular weight is 1590 g/mol. The normalized spacial score (nSPS) is 18.8. The lowest BCUT2D eigenvalue weighted by Crippen LogP contribution is -2.40. The number of likely N-dealkylation sites (tertiary alicyclic amines) is 6. The lowest BCUT2D eigenvalue weighted by Gasteiger charge is -2.24. The number of hydrogen-bond donors (Lipinski definition) is 5. The number of ether oxygens (including phenoxy) is 5. The van der Waals surface area contributed by atoms with Gasteiger partial charge in [-0.1, -0.05) is 158 Å². The number of benzene rings is 6. The van der Waals surface area contributed by atoms with Gasteiger partial charge in [-0.15, -0.1) is 0 Å². The van der Waals surface area contributed by atoms with Crippen LogP contribution in [-0.2, 0) is 79.2 Å². The van der Waals surface area contributed by atoms with Crippen LogP contribution >= 0.6 is 0 Å². The van der Waals surface area contributed by atoms with Crippen LogP contribution in [0.25, 0.3) is 0 Å².